The molecular weight excluding hydrogens is 262 g/mol. The highest BCUT2D eigenvalue weighted by Crippen LogP contribution is 2.25. The lowest BCUT2D eigenvalue weighted by Gasteiger charge is -2.19. The Bertz CT molecular complexity index is 820. The van der Waals surface area contributed by atoms with E-state index in [2.05, 4.69) is 4.98 Å². The van der Waals surface area contributed by atoms with E-state index in [-0.39, 0.29) is 5.91 Å². The van der Waals surface area contributed by atoms with Gasteiger partial charge in [-0.25, -0.2) is 0 Å². The Labute approximate surface area is 123 Å². The van der Waals surface area contributed by atoms with Crippen molar-refractivity contribution < 1.29 is 4.79 Å². The van der Waals surface area contributed by atoms with E-state index in [9.17, 15) is 4.79 Å². The van der Waals surface area contributed by atoms with Crippen molar-refractivity contribution in [1.29, 1.82) is 0 Å². The monoisotopic (exact) mass is 279 g/mol. The Hall–Kier alpha value is -2.75. The number of anilines is 2. The summed E-state index contributed by atoms with van der Waals surface area (Å²) >= 11 is 0. The second kappa shape index (κ2) is 4.98. The number of benzene rings is 2. The van der Waals surface area contributed by atoms with Crippen molar-refractivity contribution in [1.82, 2.24) is 4.98 Å². The van der Waals surface area contributed by atoms with Gasteiger partial charge in [-0.3, -0.25) is 4.79 Å². The number of amides is 1. The summed E-state index contributed by atoms with van der Waals surface area (Å²) in [5.41, 5.74) is 9.94. The van der Waals surface area contributed by atoms with Crippen LogP contribution in [0.15, 0.2) is 48.7 Å². The van der Waals surface area contributed by atoms with Gasteiger partial charge in [-0.2, -0.15) is 0 Å². The van der Waals surface area contributed by atoms with E-state index in [1.165, 1.54) is 0 Å². The van der Waals surface area contributed by atoms with Gasteiger partial charge in [-0.15, -0.1) is 0 Å². The Balaban J connectivity index is 2.03. The van der Waals surface area contributed by atoms with Crippen LogP contribution < -0.4 is 10.6 Å². The average Bonchev–Trinajstić information content (AvgIpc) is 2.89. The van der Waals surface area contributed by atoms with E-state index in [4.69, 9.17) is 5.73 Å². The first kappa shape index (κ1) is 13.2. The number of nitrogens with one attached hydrogen (secondary N) is 1. The predicted octanol–water partition coefficient (Wildman–Crippen LogP) is 3.34. The molecule has 21 heavy (non-hydrogen) atoms. The number of para-hydroxylation sites is 1. The lowest BCUT2D eigenvalue weighted by molar-refractivity contribution is 0.0994. The molecule has 3 rings (SSSR count). The van der Waals surface area contributed by atoms with Crippen molar-refractivity contribution in [3.8, 4) is 0 Å². The molecule has 0 unspecified atom stereocenters. The fourth-order valence-corrected chi connectivity index (χ4v) is 2.55. The third-order valence-corrected chi connectivity index (χ3v) is 3.72. The molecule has 3 N–H and O–H groups in total. The van der Waals surface area contributed by atoms with Crippen LogP contribution in [0.5, 0.6) is 0 Å². The summed E-state index contributed by atoms with van der Waals surface area (Å²) in [6.07, 6.45) is 1.74. The zero-order chi connectivity index (χ0) is 15.0. The highest BCUT2D eigenvalue weighted by Gasteiger charge is 2.18. The van der Waals surface area contributed by atoms with E-state index in [0.717, 1.165) is 22.2 Å². The first-order valence-corrected chi connectivity index (χ1v) is 6.78. The van der Waals surface area contributed by atoms with Gasteiger partial charge >= 0.3 is 0 Å². The van der Waals surface area contributed by atoms with Gasteiger partial charge in [0.15, 0.2) is 0 Å². The maximum Gasteiger partial charge on any atom is 0.260 e. The number of hydrogen-bond acceptors (Lipinski definition) is 2. The van der Waals surface area contributed by atoms with Gasteiger partial charge in [0.2, 0.25) is 0 Å². The molecule has 0 fully saturated rings. The number of fused-ring (bicyclic) bond motifs is 1. The van der Waals surface area contributed by atoms with Crippen molar-refractivity contribution in [2.75, 3.05) is 17.7 Å². The molecule has 4 heteroatoms. The number of aromatic amines is 1. The first-order valence-electron chi connectivity index (χ1n) is 6.78. The molecule has 0 aliphatic carbocycles. The minimum absolute atomic E-state index is 0.0414. The van der Waals surface area contributed by atoms with Crippen LogP contribution in [-0.2, 0) is 0 Å². The fraction of sp³-hybridized carbons (Fsp3) is 0.118. The second-order valence-electron chi connectivity index (χ2n) is 5.16. The minimum Gasteiger partial charge on any atom is -0.399 e. The zero-order valence-corrected chi connectivity index (χ0v) is 12.1. The number of H-pyrrole nitrogens is 1. The normalized spacial score (nSPS) is 10.8. The number of nitrogen functional groups attached to an aromatic ring is 1. The Morgan fingerprint density at radius 2 is 1.95 bits per heavy atom. The number of rotatable bonds is 2. The molecule has 0 radical (unpaired) electrons. The summed E-state index contributed by atoms with van der Waals surface area (Å²) in [7, 11) is 1.79. The van der Waals surface area contributed by atoms with Gasteiger partial charge in [-0.05, 0) is 36.8 Å². The second-order valence-corrected chi connectivity index (χ2v) is 5.16. The van der Waals surface area contributed by atoms with Gasteiger partial charge in [0.25, 0.3) is 5.91 Å². The molecule has 106 valence electrons. The molecule has 0 bridgehead atoms. The first-order chi connectivity index (χ1) is 10.1. The molecule has 3 aromatic rings. The summed E-state index contributed by atoms with van der Waals surface area (Å²) in [5, 5.41) is 0.884. The summed E-state index contributed by atoms with van der Waals surface area (Å²) in [4.78, 5) is 17.5. The Morgan fingerprint density at radius 3 is 2.71 bits per heavy atom. The van der Waals surface area contributed by atoms with Crippen molar-refractivity contribution >= 4 is 28.2 Å². The predicted molar refractivity (Wildman–Crippen MR) is 86.6 cm³/mol. The fourth-order valence-electron chi connectivity index (χ4n) is 2.55. The Morgan fingerprint density at radius 1 is 1.19 bits per heavy atom. The van der Waals surface area contributed by atoms with Crippen LogP contribution in [-0.4, -0.2) is 17.9 Å². The molecule has 1 amide bonds. The largest absolute Gasteiger partial charge is 0.399 e. The Kier molecular flexibility index (Phi) is 3.14. The number of nitrogens with zero attached hydrogens (tertiary/aromatic N) is 1. The molecule has 0 atom stereocenters. The minimum atomic E-state index is -0.0414. The van der Waals surface area contributed by atoms with Gasteiger partial charge in [0.05, 0.1) is 5.56 Å². The van der Waals surface area contributed by atoms with Crippen LogP contribution >= 0.6 is 0 Å². The zero-order valence-electron chi connectivity index (χ0n) is 12.1. The quantitative estimate of drug-likeness (QED) is 0.707. The summed E-state index contributed by atoms with van der Waals surface area (Å²) in [6.45, 7) is 2.00. The van der Waals surface area contributed by atoms with Crippen molar-refractivity contribution in [3.05, 3.63) is 59.8 Å². The van der Waals surface area contributed by atoms with Crippen molar-refractivity contribution in [3.63, 3.8) is 0 Å². The molecule has 1 heterocycles. The van der Waals surface area contributed by atoms with E-state index >= 15 is 0 Å². The van der Waals surface area contributed by atoms with E-state index in [1.54, 1.807) is 24.2 Å². The summed E-state index contributed by atoms with van der Waals surface area (Å²) < 4.78 is 0. The highest BCUT2D eigenvalue weighted by atomic mass is 16.2. The van der Waals surface area contributed by atoms with Gasteiger partial charge in [0.1, 0.15) is 0 Å². The molecular formula is C17H17N3O. The van der Waals surface area contributed by atoms with Crippen LogP contribution in [0, 0.1) is 6.92 Å². The summed E-state index contributed by atoms with van der Waals surface area (Å²) in [6, 6.07) is 13.4. The highest BCUT2D eigenvalue weighted by molar-refractivity contribution is 6.14. The van der Waals surface area contributed by atoms with Gasteiger partial charge < -0.3 is 15.6 Å². The number of nitrogens with two attached hydrogens (primary N) is 1. The molecule has 0 aliphatic rings. The number of carbonyl (C=O) groups is 1. The molecule has 1 aromatic heterocycles. The number of carbonyl (C=O) groups excluding carboxylic acids is 1. The molecule has 2 aromatic carbocycles. The van der Waals surface area contributed by atoms with E-state index in [0.29, 0.717) is 11.3 Å². The smallest absolute Gasteiger partial charge is 0.260 e. The lowest BCUT2D eigenvalue weighted by Crippen LogP contribution is -2.26. The molecule has 0 saturated heterocycles. The molecule has 0 aliphatic heterocycles. The number of hydrogen-bond donors (Lipinski definition) is 2. The SMILES string of the molecule is Cc1ccccc1N(C)C(=O)c1c[nH]c2cc(N)ccc12. The molecule has 0 saturated carbocycles. The topological polar surface area (TPSA) is 62.1 Å². The lowest BCUT2D eigenvalue weighted by atomic mass is 10.1. The molecule has 0 spiro atoms. The number of aromatic nitrogens is 1. The molecule has 4 nitrogen and oxygen atoms in total. The average molecular weight is 279 g/mol. The maximum absolute atomic E-state index is 12.7. The van der Waals surface area contributed by atoms with E-state index in [1.807, 2.05) is 43.3 Å². The number of aryl methyl sites for hydroxylation is 1. The summed E-state index contributed by atoms with van der Waals surface area (Å²) in [5.74, 6) is -0.0414. The van der Waals surface area contributed by atoms with Crippen molar-refractivity contribution in [2.45, 2.75) is 6.92 Å². The van der Waals surface area contributed by atoms with Crippen LogP contribution in [0.3, 0.4) is 0 Å². The van der Waals surface area contributed by atoms with Gasteiger partial charge in [0, 0.05) is 35.5 Å². The van der Waals surface area contributed by atoms with Crippen LogP contribution in [0.1, 0.15) is 15.9 Å². The third kappa shape index (κ3) is 2.25. The van der Waals surface area contributed by atoms with E-state index < -0.39 is 0 Å². The van der Waals surface area contributed by atoms with Crippen LogP contribution in [0.25, 0.3) is 10.9 Å². The standard InChI is InChI=1S/C17H17N3O/c1-11-5-3-4-6-16(11)20(2)17(21)14-10-19-15-9-12(18)7-8-13(14)15/h3-10,19H,18H2,1-2H3. The van der Waals surface area contributed by atoms with Crippen LogP contribution in [0.4, 0.5) is 11.4 Å². The maximum atomic E-state index is 12.7. The van der Waals surface area contributed by atoms with Gasteiger partial charge in [-0.1, -0.05) is 18.2 Å². The van der Waals surface area contributed by atoms with Crippen LogP contribution in [0.2, 0.25) is 0 Å². The third-order valence-electron chi connectivity index (χ3n) is 3.72. The van der Waals surface area contributed by atoms with Crippen molar-refractivity contribution in [2.24, 2.45) is 0 Å².